The van der Waals surface area contributed by atoms with E-state index in [4.69, 9.17) is 4.74 Å². The van der Waals surface area contributed by atoms with Crippen molar-refractivity contribution in [3.63, 3.8) is 0 Å². The lowest BCUT2D eigenvalue weighted by Crippen LogP contribution is -2.24. The fourth-order valence-electron chi connectivity index (χ4n) is 2.26. The first-order valence-electron chi connectivity index (χ1n) is 6.74. The molecule has 0 saturated carbocycles. The Morgan fingerprint density at radius 3 is 2.45 bits per heavy atom. The summed E-state index contributed by atoms with van der Waals surface area (Å²) in [6, 6.07) is 5.87. The molecule has 0 aliphatic heterocycles. The number of methoxy groups -OCH3 is 1. The van der Waals surface area contributed by atoms with Crippen LogP contribution in [0.1, 0.15) is 37.7 Å². The maximum absolute atomic E-state index is 12.8. The van der Waals surface area contributed by atoms with Crippen LogP contribution in [-0.2, 0) is 11.3 Å². The molecule has 0 radical (unpaired) electrons. The zero-order chi connectivity index (χ0) is 16.3. The number of hydrogen-bond donors (Lipinski definition) is 2. The molecule has 1 amide bonds. The van der Waals surface area contributed by atoms with Gasteiger partial charge in [-0.3, -0.25) is 4.79 Å². The molecule has 0 fully saturated rings. The number of aryl methyl sites for hydroxylation is 1. The predicted molar refractivity (Wildman–Crippen MR) is 79.2 cm³/mol. The first kappa shape index (κ1) is 15.8. The molecule has 0 aliphatic carbocycles. The fourth-order valence-corrected chi connectivity index (χ4v) is 2.26. The second kappa shape index (κ2) is 6.43. The number of amides is 1. The standard InChI is InChI=1S/C16H17FN2O3/c1-9-13(16(21)22-3)10(2)19-14(9)15(20)18-8-11-4-6-12(17)7-5-11/h4-7,19H,8H2,1-3H3,(H,18,20). The molecule has 116 valence electrons. The van der Waals surface area contributed by atoms with E-state index in [9.17, 15) is 14.0 Å². The lowest BCUT2D eigenvalue weighted by Gasteiger charge is -2.05. The van der Waals surface area contributed by atoms with Gasteiger partial charge in [0, 0.05) is 12.2 Å². The lowest BCUT2D eigenvalue weighted by molar-refractivity contribution is 0.0599. The maximum Gasteiger partial charge on any atom is 0.339 e. The summed E-state index contributed by atoms with van der Waals surface area (Å²) >= 11 is 0. The van der Waals surface area contributed by atoms with Crippen molar-refractivity contribution < 1.29 is 18.7 Å². The van der Waals surface area contributed by atoms with Gasteiger partial charge in [0.2, 0.25) is 0 Å². The Morgan fingerprint density at radius 1 is 1.23 bits per heavy atom. The summed E-state index contributed by atoms with van der Waals surface area (Å²) in [7, 11) is 1.29. The number of ether oxygens (including phenoxy) is 1. The third-order valence-corrected chi connectivity index (χ3v) is 3.42. The average Bonchev–Trinajstić information content (AvgIpc) is 2.80. The molecule has 6 heteroatoms. The Labute approximate surface area is 127 Å². The largest absolute Gasteiger partial charge is 0.465 e. The molecule has 5 nitrogen and oxygen atoms in total. The topological polar surface area (TPSA) is 71.2 Å². The van der Waals surface area contributed by atoms with Crippen LogP contribution in [0.4, 0.5) is 4.39 Å². The summed E-state index contributed by atoms with van der Waals surface area (Å²) in [6.07, 6.45) is 0. The Hall–Kier alpha value is -2.63. The number of nitrogens with one attached hydrogen (secondary N) is 2. The maximum atomic E-state index is 12.8. The van der Waals surface area contributed by atoms with Crippen molar-refractivity contribution in [1.29, 1.82) is 0 Å². The number of aromatic amines is 1. The van der Waals surface area contributed by atoms with Crippen LogP contribution >= 0.6 is 0 Å². The first-order valence-corrected chi connectivity index (χ1v) is 6.74. The number of hydrogen-bond acceptors (Lipinski definition) is 3. The van der Waals surface area contributed by atoms with Gasteiger partial charge in [0.25, 0.3) is 5.91 Å². The van der Waals surface area contributed by atoms with Crippen molar-refractivity contribution in [2.45, 2.75) is 20.4 Å². The number of carbonyl (C=O) groups is 2. The summed E-state index contributed by atoms with van der Waals surface area (Å²) in [5.41, 5.74) is 2.59. The zero-order valence-electron chi connectivity index (χ0n) is 12.6. The monoisotopic (exact) mass is 304 g/mol. The molecular weight excluding hydrogens is 287 g/mol. The lowest BCUT2D eigenvalue weighted by atomic mass is 10.1. The van der Waals surface area contributed by atoms with Crippen molar-refractivity contribution in [3.05, 3.63) is 58.2 Å². The molecular formula is C16H17FN2O3. The summed E-state index contributed by atoms with van der Waals surface area (Å²) in [5.74, 6) is -1.14. The molecule has 0 bridgehead atoms. The highest BCUT2D eigenvalue weighted by Gasteiger charge is 2.22. The summed E-state index contributed by atoms with van der Waals surface area (Å²) in [4.78, 5) is 26.8. The van der Waals surface area contributed by atoms with Gasteiger partial charge in [-0.1, -0.05) is 12.1 Å². The molecule has 1 aromatic carbocycles. The van der Waals surface area contributed by atoms with Crippen molar-refractivity contribution in [3.8, 4) is 0 Å². The van der Waals surface area contributed by atoms with Crippen LogP contribution in [0.3, 0.4) is 0 Å². The molecule has 2 N–H and O–H groups in total. The van der Waals surface area contributed by atoms with E-state index in [0.717, 1.165) is 5.56 Å². The van der Waals surface area contributed by atoms with E-state index in [1.165, 1.54) is 19.2 Å². The second-order valence-corrected chi connectivity index (χ2v) is 4.93. The average molecular weight is 304 g/mol. The summed E-state index contributed by atoms with van der Waals surface area (Å²) in [6.45, 7) is 3.66. The molecule has 2 rings (SSSR count). The van der Waals surface area contributed by atoms with E-state index in [2.05, 4.69) is 10.3 Å². The third-order valence-electron chi connectivity index (χ3n) is 3.42. The van der Waals surface area contributed by atoms with Crippen LogP contribution in [-0.4, -0.2) is 24.0 Å². The smallest absolute Gasteiger partial charge is 0.339 e. The number of esters is 1. The fraction of sp³-hybridized carbons (Fsp3) is 0.250. The van der Waals surface area contributed by atoms with Crippen molar-refractivity contribution >= 4 is 11.9 Å². The normalized spacial score (nSPS) is 10.4. The Bertz CT molecular complexity index is 705. The highest BCUT2D eigenvalue weighted by Crippen LogP contribution is 2.18. The Morgan fingerprint density at radius 2 is 1.86 bits per heavy atom. The predicted octanol–water partition coefficient (Wildman–Crippen LogP) is 2.49. The molecule has 0 unspecified atom stereocenters. The van der Waals surface area contributed by atoms with Crippen LogP contribution in [0.5, 0.6) is 0 Å². The van der Waals surface area contributed by atoms with E-state index < -0.39 is 5.97 Å². The molecule has 2 aromatic rings. The van der Waals surface area contributed by atoms with Gasteiger partial charge in [0.1, 0.15) is 11.5 Å². The quantitative estimate of drug-likeness (QED) is 0.853. The van der Waals surface area contributed by atoms with Crippen LogP contribution in [0.25, 0.3) is 0 Å². The Kier molecular flexibility index (Phi) is 4.60. The summed E-state index contributed by atoms with van der Waals surface area (Å²) < 4.78 is 17.5. The Balaban J connectivity index is 2.13. The van der Waals surface area contributed by atoms with Gasteiger partial charge in [0.15, 0.2) is 0 Å². The van der Waals surface area contributed by atoms with Gasteiger partial charge in [-0.05, 0) is 37.1 Å². The van der Waals surface area contributed by atoms with Gasteiger partial charge in [-0.2, -0.15) is 0 Å². The zero-order valence-corrected chi connectivity index (χ0v) is 12.6. The van der Waals surface area contributed by atoms with Crippen LogP contribution < -0.4 is 5.32 Å². The van der Waals surface area contributed by atoms with Gasteiger partial charge in [-0.15, -0.1) is 0 Å². The van der Waals surface area contributed by atoms with E-state index in [0.29, 0.717) is 22.5 Å². The van der Waals surface area contributed by atoms with Gasteiger partial charge in [-0.25, -0.2) is 9.18 Å². The summed E-state index contributed by atoms with van der Waals surface area (Å²) in [5, 5.41) is 2.73. The minimum atomic E-state index is -0.483. The van der Waals surface area contributed by atoms with E-state index in [1.54, 1.807) is 26.0 Å². The van der Waals surface area contributed by atoms with Gasteiger partial charge in [0.05, 0.1) is 12.7 Å². The van der Waals surface area contributed by atoms with Crippen LogP contribution in [0.2, 0.25) is 0 Å². The van der Waals surface area contributed by atoms with Gasteiger partial charge < -0.3 is 15.0 Å². The number of benzene rings is 1. The molecule has 0 spiro atoms. The van der Waals surface area contributed by atoms with Crippen LogP contribution in [0, 0.1) is 19.7 Å². The van der Waals surface area contributed by atoms with E-state index in [-0.39, 0.29) is 18.3 Å². The number of H-pyrrole nitrogens is 1. The number of halogens is 1. The highest BCUT2D eigenvalue weighted by atomic mass is 19.1. The van der Waals surface area contributed by atoms with Gasteiger partial charge >= 0.3 is 5.97 Å². The molecule has 0 saturated heterocycles. The van der Waals surface area contributed by atoms with Crippen molar-refractivity contribution in [2.75, 3.05) is 7.11 Å². The molecule has 1 heterocycles. The minimum absolute atomic E-state index is 0.268. The number of aromatic nitrogens is 1. The minimum Gasteiger partial charge on any atom is -0.465 e. The number of carbonyl (C=O) groups excluding carboxylic acids is 2. The molecule has 22 heavy (non-hydrogen) atoms. The number of rotatable bonds is 4. The van der Waals surface area contributed by atoms with E-state index in [1.807, 2.05) is 0 Å². The van der Waals surface area contributed by atoms with Crippen molar-refractivity contribution in [2.24, 2.45) is 0 Å². The molecule has 0 aliphatic rings. The van der Waals surface area contributed by atoms with Crippen molar-refractivity contribution in [1.82, 2.24) is 10.3 Å². The molecule has 0 atom stereocenters. The van der Waals surface area contributed by atoms with E-state index >= 15 is 0 Å². The van der Waals surface area contributed by atoms with Crippen LogP contribution in [0.15, 0.2) is 24.3 Å². The molecule has 1 aromatic heterocycles. The SMILES string of the molecule is COC(=O)c1c(C)[nH]c(C(=O)NCc2ccc(F)cc2)c1C. The first-order chi connectivity index (χ1) is 10.4. The third kappa shape index (κ3) is 3.16. The second-order valence-electron chi connectivity index (χ2n) is 4.93. The highest BCUT2D eigenvalue weighted by molar-refractivity contribution is 6.00.